The van der Waals surface area contributed by atoms with Gasteiger partial charge in [-0.05, 0) is 32.4 Å². The molecule has 1 saturated heterocycles. The fourth-order valence-corrected chi connectivity index (χ4v) is 3.06. The molecule has 0 saturated carbocycles. The Morgan fingerprint density at radius 1 is 1.48 bits per heavy atom. The molecule has 3 amide bonds. The number of hydrogen-bond donors (Lipinski definition) is 2. The molecule has 3 rings (SSSR count). The molecule has 134 valence electrons. The SMILES string of the molecule is CCOc1cccc2cc(C(C)NC(=O)N3CCC(C(N)=O)C3)oc12. The van der Waals surface area contributed by atoms with E-state index in [0.717, 1.165) is 5.39 Å². The number of ether oxygens (including phenoxy) is 1. The Bertz CT molecular complexity index is 786. The van der Waals surface area contributed by atoms with Gasteiger partial charge in [-0.25, -0.2) is 4.79 Å². The number of benzene rings is 1. The van der Waals surface area contributed by atoms with Crippen molar-refractivity contribution in [3.63, 3.8) is 0 Å². The second-order valence-corrected chi connectivity index (χ2v) is 6.26. The third-order valence-electron chi connectivity index (χ3n) is 4.47. The molecule has 7 heteroatoms. The summed E-state index contributed by atoms with van der Waals surface area (Å²) in [5.74, 6) is 0.722. The van der Waals surface area contributed by atoms with Gasteiger partial charge in [-0.3, -0.25) is 4.79 Å². The molecular formula is C18H23N3O4. The lowest BCUT2D eigenvalue weighted by Crippen LogP contribution is -2.40. The average Bonchev–Trinajstić information content (AvgIpc) is 3.23. The summed E-state index contributed by atoms with van der Waals surface area (Å²) in [6, 6.07) is 7.08. The molecule has 2 heterocycles. The first kappa shape index (κ1) is 17.1. The smallest absolute Gasteiger partial charge is 0.318 e. The molecule has 1 aliphatic rings. The summed E-state index contributed by atoms with van der Waals surface area (Å²) in [6.07, 6.45) is 0.611. The topological polar surface area (TPSA) is 97.8 Å². The Kier molecular flexibility index (Phi) is 4.83. The van der Waals surface area contributed by atoms with Gasteiger partial charge in [-0.15, -0.1) is 0 Å². The summed E-state index contributed by atoms with van der Waals surface area (Å²) in [5.41, 5.74) is 5.99. The molecule has 7 nitrogen and oxygen atoms in total. The molecule has 0 aliphatic carbocycles. The molecule has 2 unspecified atom stereocenters. The van der Waals surface area contributed by atoms with Crippen LogP contribution in [0, 0.1) is 5.92 Å². The second-order valence-electron chi connectivity index (χ2n) is 6.26. The van der Waals surface area contributed by atoms with Gasteiger partial charge in [0.1, 0.15) is 5.76 Å². The van der Waals surface area contributed by atoms with Gasteiger partial charge in [-0.2, -0.15) is 0 Å². The first-order chi connectivity index (χ1) is 12.0. The van der Waals surface area contributed by atoms with E-state index >= 15 is 0 Å². The fourth-order valence-electron chi connectivity index (χ4n) is 3.06. The minimum absolute atomic E-state index is 0.221. The predicted molar refractivity (Wildman–Crippen MR) is 93.2 cm³/mol. The molecule has 2 atom stereocenters. The van der Waals surface area contributed by atoms with Crippen molar-refractivity contribution in [1.29, 1.82) is 0 Å². The Hall–Kier alpha value is -2.70. The number of rotatable bonds is 5. The number of nitrogens with zero attached hydrogens (tertiary/aromatic N) is 1. The lowest BCUT2D eigenvalue weighted by molar-refractivity contribution is -0.121. The van der Waals surface area contributed by atoms with Crippen LogP contribution in [0.3, 0.4) is 0 Å². The maximum atomic E-state index is 12.4. The molecule has 1 aliphatic heterocycles. The Balaban J connectivity index is 1.70. The van der Waals surface area contributed by atoms with Gasteiger partial charge in [-0.1, -0.05) is 12.1 Å². The van der Waals surface area contributed by atoms with E-state index in [-0.39, 0.29) is 23.9 Å². The zero-order valence-electron chi connectivity index (χ0n) is 14.5. The molecule has 2 aromatic rings. The summed E-state index contributed by atoms with van der Waals surface area (Å²) in [4.78, 5) is 25.2. The third kappa shape index (κ3) is 3.55. The highest BCUT2D eigenvalue weighted by atomic mass is 16.5. The van der Waals surface area contributed by atoms with Crippen LogP contribution in [0.4, 0.5) is 4.79 Å². The normalized spacial score (nSPS) is 18.3. The number of furan rings is 1. The quantitative estimate of drug-likeness (QED) is 0.869. The highest BCUT2D eigenvalue weighted by Gasteiger charge is 2.30. The van der Waals surface area contributed by atoms with Crippen LogP contribution in [0.25, 0.3) is 11.0 Å². The monoisotopic (exact) mass is 345 g/mol. The van der Waals surface area contributed by atoms with Crippen LogP contribution >= 0.6 is 0 Å². The Labute approximate surface area is 146 Å². The summed E-state index contributed by atoms with van der Waals surface area (Å²) in [6.45, 7) is 5.22. The van der Waals surface area contributed by atoms with Gasteiger partial charge in [0.2, 0.25) is 5.91 Å². The van der Waals surface area contributed by atoms with Crippen molar-refractivity contribution in [2.24, 2.45) is 11.7 Å². The van der Waals surface area contributed by atoms with E-state index in [1.165, 1.54) is 0 Å². The highest BCUT2D eigenvalue weighted by Crippen LogP contribution is 2.31. The van der Waals surface area contributed by atoms with Crippen LogP contribution < -0.4 is 15.8 Å². The largest absolute Gasteiger partial charge is 0.490 e. The molecule has 0 radical (unpaired) electrons. The standard InChI is InChI=1S/C18H23N3O4/c1-3-24-14-6-4-5-12-9-15(25-16(12)14)11(2)20-18(23)21-8-7-13(10-21)17(19)22/h4-6,9,11,13H,3,7-8,10H2,1-2H3,(H2,19,22)(H,20,23). The number of para-hydroxylation sites is 1. The molecule has 1 aromatic carbocycles. The number of carbonyl (C=O) groups is 2. The minimum atomic E-state index is -0.357. The van der Waals surface area contributed by atoms with Crippen LogP contribution in [-0.4, -0.2) is 36.5 Å². The number of likely N-dealkylation sites (tertiary alicyclic amines) is 1. The average molecular weight is 345 g/mol. The van der Waals surface area contributed by atoms with Crippen LogP contribution in [0.1, 0.15) is 32.1 Å². The lowest BCUT2D eigenvalue weighted by Gasteiger charge is -2.19. The molecule has 25 heavy (non-hydrogen) atoms. The van der Waals surface area contributed by atoms with Crippen LogP contribution in [0.2, 0.25) is 0 Å². The first-order valence-electron chi connectivity index (χ1n) is 8.49. The van der Waals surface area contributed by atoms with Crippen molar-refractivity contribution in [1.82, 2.24) is 10.2 Å². The van der Waals surface area contributed by atoms with E-state index in [4.69, 9.17) is 14.9 Å². The molecule has 0 spiro atoms. The van der Waals surface area contributed by atoms with Gasteiger partial charge in [0.05, 0.1) is 18.6 Å². The van der Waals surface area contributed by atoms with E-state index in [2.05, 4.69) is 5.32 Å². The van der Waals surface area contributed by atoms with E-state index in [0.29, 0.717) is 43.2 Å². The van der Waals surface area contributed by atoms with Crippen molar-refractivity contribution in [3.8, 4) is 5.75 Å². The molecule has 3 N–H and O–H groups in total. The van der Waals surface area contributed by atoms with Gasteiger partial charge in [0.15, 0.2) is 11.3 Å². The summed E-state index contributed by atoms with van der Waals surface area (Å²) in [5, 5.41) is 3.84. The van der Waals surface area contributed by atoms with Gasteiger partial charge < -0.3 is 25.1 Å². The maximum Gasteiger partial charge on any atom is 0.318 e. The predicted octanol–water partition coefficient (Wildman–Crippen LogP) is 2.41. The van der Waals surface area contributed by atoms with E-state index in [9.17, 15) is 9.59 Å². The van der Waals surface area contributed by atoms with E-state index < -0.39 is 0 Å². The summed E-state index contributed by atoms with van der Waals surface area (Å²) in [7, 11) is 0. The number of amides is 3. The second kappa shape index (κ2) is 7.04. The van der Waals surface area contributed by atoms with Crippen molar-refractivity contribution < 1.29 is 18.7 Å². The number of nitrogens with one attached hydrogen (secondary N) is 1. The molecule has 1 aromatic heterocycles. The zero-order chi connectivity index (χ0) is 18.0. The van der Waals surface area contributed by atoms with Gasteiger partial charge in [0.25, 0.3) is 0 Å². The van der Waals surface area contributed by atoms with Crippen LogP contribution in [0.15, 0.2) is 28.7 Å². The number of urea groups is 1. The number of primary amides is 1. The van der Waals surface area contributed by atoms with Crippen LogP contribution in [-0.2, 0) is 4.79 Å². The zero-order valence-corrected chi connectivity index (χ0v) is 14.5. The van der Waals surface area contributed by atoms with E-state index in [1.807, 2.05) is 38.1 Å². The van der Waals surface area contributed by atoms with Crippen LogP contribution in [0.5, 0.6) is 5.75 Å². The van der Waals surface area contributed by atoms with Gasteiger partial charge in [0, 0.05) is 18.5 Å². The molecule has 1 fully saturated rings. The Morgan fingerprint density at radius 3 is 2.96 bits per heavy atom. The molecule has 0 bridgehead atoms. The number of carbonyl (C=O) groups excluding carboxylic acids is 2. The van der Waals surface area contributed by atoms with Gasteiger partial charge >= 0.3 is 6.03 Å². The van der Waals surface area contributed by atoms with E-state index in [1.54, 1.807) is 4.90 Å². The van der Waals surface area contributed by atoms with Crippen molar-refractivity contribution >= 4 is 22.9 Å². The third-order valence-corrected chi connectivity index (χ3v) is 4.47. The first-order valence-corrected chi connectivity index (χ1v) is 8.49. The summed E-state index contributed by atoms with van der Waals surface area (Å²) >= 11 is 0. The minimum Gasteiger partial charge on any atom is -0.490 e. The maximum absolute atomic E-state index is 12.4. The number of fused-ring (bicyclic) bond motifs is 1. The van der Waals surface area contributed by atoms with Crippen molar-refractivity contribution in [2.75, 3.05) is 19.7 Å². The molecular weight excluding hydrogens is 322 g/mol. The lowest BCUT2D eigenvalue weighted by atomic mass is 10.1. The number of hydrogen-bond acceptors (Lipinski definition) is 4. The van der Waals surface area contributed by atoms with Crippen molar-refractivity contribution in [3.05, 3.63) is 30.0 Å². The number of nitrogens with two attached hydrogens (primary N) is 1. The highest BCUT2D eigenvalue weighted by molar-refractivity contribution is 5.84. The van der Waals surface area contributed by atoms with Crippen molar-refractivity contribution in [2.45, 2.75) is 26.3 Å². The fraction of sp³-hybridized carbons (Fsp3) is 0.444. The summed E-state index contributed by atoms with van der Waals surface area (Å²) < 4.78 is 11.5. The Morgan fingerprint density at radius 2 is 2.28 bits per heavy atom.